The number of aliphatic carboxylic acids is 1. The van der Waals surface area contributed by atoms with E-state index in [1.165, 1.54) is 11.1 Å². The van der Waals surface area contributed by atoms with Crippen LogP contribution >= 0.6 is 11.6 Å². The number of allylic oxidation sites excluding steroid dienone is 3. The van der Waals surface area contributed by atoms with E-state index in [0.717, 1.165) is 11.1 Å². The van der Waals surface area contributed by atoms with Crippen LogP contribution in [0.4, 0.5) is 4.79 Å². The van der Waals surface area contributed by atoms with Gasteiger partial charge in [0.05, 0.1) is 30.3 Å². The quantitative estimate of drug-likeness (QED) is 0.223. The standard InChI is InChI=1S/C44H50ClN5O8/c1-42(2,3)58-41(54)50-15-14-49(36(27-50)39(51)52)26-33-21-35(45)38(22-37(33)56-28-31-20-30(23-46)24-47-25-31)57-29-44(40(53)48-16-18-55-19-17-48)13-9-12-34(43(44,4)5)32-10-7-6-8-11-32/h6-13,20-22,24-25,36H,14-19,26-29H2,1-5H3,(H,51,52)/t36-,44?/m0/s1. The third-order valence-electron chi connectivity index (χ3n) is 10.9. The van der Waals surface area contributed by atoms with Crippen LogP contribution in [0.3, 0.4) is 0 Å². The van der Waals surface area contributed by atoms with Crippen LogP contribution in [0, 0.1) is 22.2 Å². The summed E-state index contributed by atoms with van der Waals surface area (Å²) in [5.74, 6) is -0.554. The number of carboxylic acids is 1. The van der Waals surface area contributed by atoms with Gasteiger partial charge in [0.1, 0.15) is 47.8 Å². The van der Waals surface area contributed by atoms with Gasteiger partial charge in [-0.05, 0) is 44.0 Å². The van der Waals surface area contributed by atoms with E-state index in [9.17, 15) is 24.8 Å². The van der Waals surface area contributed by atoms with E-state index in [4.69, 9.17) is 30.5 Å². The minimum absolute atomic E-state index is 0.0336. The van der Waals surface area contributed by atoms with Crippen molar-refractivity contribution in [3.63, 3.8) is 0 Å². The number of carbonyl (C=O) groups excluding carboxylic acids is 2. The highest BCUT2D eigenvalue weighted by Crippen LogP contribution is 2.53. The molecule has 13 nitrogen and oxygen atoms in total. The number of nitrogens with zero attached hydrogens (tertiary/aromatic N) is 5. The lowest BCUT2D eigenvalue weighted by atomic mass is 9.58. The number of piperazine rings is 1. The molecule has 1 unspecified atom stereocenters. The fourth-order valence-corrected chi connectivity index (χ4v) is 7.84. The predicted molar refractivity (Wildman–Crippen MR) is 217 cm³/mol. The van der Waals surface area contributed by atoms with Gasteiger partial charge in [0.25, 0.3) is 0 Å². The van der Waals surface area contributed by atoms with E-state index < -0.39 is 34.5 Å². The molecule has 14 heteroatoms. The lowest BCUT2D eigenvalue weighted by Crippen LogP contribution is -2.57. The van der Waals surface area contributed by atoms with E-state index in [-0.39, 0.29) is 56.1 Å². The van der Waals surface area contributed by atoms with Crippen molar-refractivity contribution in [1.29, 1.82) is 5.26 Å². The molecule has 2 aliphatic heterocycles. The summed E-state index contributed by atoms with van der Waals surface area (Å²) in [5.41, 5.74) is 0.939. The van der Waals surface area contributed by atoms with Gasteiger partial charge in [-0.25, -0.2) is 4.79 Å². The molecule has 3 aliphatic rings. The predicted octanol–water partition coefficient (Wildman–Crippen LogP) is 6.60. The number of carbonyl (C=O) groups is 3. The van der Waals surface area contributed by atoms with Crippen molar-refractivity contribution in [3.05, 3.63) is 106 Å². The average molecular weight is 812 g/mol. The summed E-state index contributed by atoms with van der Waals surface area (Å²) in [6, 6.07) is 16.0. The molecule has 2 fully saturated rings. The number of rotatable bonds is 11. The molecule has 0 bridgehead atoms. The van der Waals surface area contributed by atoms with Crippen molar-refractivity contribution in [3.8, 4) is 17.6 Å². The lowest BCUT2D eigenvalue weighted by Gasteiger charge is -2.49. The Morgan fingerprint density at radius 2 is 1.74 bits per heavy atom. The minimum atomic E-state index is -1.15. The van der Waals surface area contributed by atoms with Crippen molar-refractivity contribution >= 4 is 35.1 Å². The molecule has 2 amide bonds. The summed E-state index contributed by atoms with van der Waals surface area (Å²) in [4.78, 5) is 49.4. The molecule has 0 saturated carbocycles. The Bertz CT molecular complexity index is 2100. The first-order chi connectivity index (χ1) is 27.6. The van der Waals surface area contributed by atoms with E-state index >= 15 is 0 Å². The van der Waals surface area contributed by atoms with Gasteiger partial charge in [0.15, 0.2) is 0 Å². The van der Waals surface area contributed by atoms with Crippen LogP contribution in [0.15, 0.2) is 79.2 Å². The number of hydrogen-bond acceptors (Lipinski definition) is 10. The topological polar surface area (TPSA) is 155 Å². The molecule has 1 aliphatic carbocycles. The fourth-order valence-electron chi connectivity index (χ4n) is 7.60. The summed E-state index contributed by atoms with van der Waals surface area (Å²) in [7, 11) is 0. The second kappa shape index (κ2) is 17.6. The Morgan fingerprint density at radius 3 is 2.43 bits per heavy atom. The molecule has 3 aromatic rings. The first-order valence-corrected chi connectivity index (χ1v) is 19.7. The van der Waals surface area contributed by atoms with Gasteiger partial charge in [-0.15, -0.1) is 0 Å². The highest BCUT2D eigenvalue weighted by Gasteiger charge is 2.55. The highest BCUT2D eigenvalue weighted by molar-refractivity contribution is 6.32. The van der Waals surface area contributed by atoms with Gasteiger partial charge in [-0.3, -0.25) is 19.5 Å². The number of benzene rings is 2. The van der Waals surface area contributed by atoms with E-state index in [1.54, 1.807) is 50.1 Å². The maximum atomic E-state index is 14.8. The molecular formula is C44H50ClN5O8. The van der Waals surface area contributed by atoms with Crippen LogP contribution in [-0.2, 0) is 32.2 Å². The molecule has 0 radical (unpaired) electrons. The number of amides is 2. The van der Waals surface area contributed by atoms with Crippen molar-refractivity contribution in [2.24, 2.45) is 10.8 Å². The Morgan fingerprint density at radius 1 is 1.00 bits per heavy atom. The van der Waals surface area contributed by atoms with Gasteiger partial charge in [0, 0.05) is 67.7 Å². The molecule has 2 aromatic carbocycles. The smallest absolute Gasteiger partial charge is 0.410 e. The monoisotopic (exact) mass is 811 g/mol. The summed E-state index contributed by atoms with van der Waals surface area (Å²) in [6.07, 6.45) is 8.36. The SMILES string of the molecule is CC(C)(C)OC(=O)N1CCN(Cc2cc(Cl)c(OCC3(C(=O)N4CCOCC4)C=CC=C(c4ccccc4)C3(C)C)cc2OCc2cncc(C#N)c2)[C@H](C(=O)O)C1. The van der Waals surface area contributed by atoms with Crippen LogP contribution in [0.5, 0.6) is 11.5 Å². The largest absolute Gasteiger partial charge is 0.490 e. The molecule has 58 heavy (non-hydrogen) atoms. The van der Waals surface area contributed by atoms with Crippen LogP contribution in [-0.4, -0.2) is 107 Å². The zero-order chi connectivity index (χ0) is 41.7. The molecule has 0 spiro atoms. The third kappa shape index (κ3) is 9.31. The maximum Gasteiger partial charge on any atom is 0.410 e. The summed E-state index contributed by atoms with van der Waals surface area (Å²) < 4.78 is 24.1. The van der Waals surface area contributed by atoms with Gasteiger partial charge in [-0.1, -0.05) is 74.0 Å². The molecule has 2 saturated heterocycles. The Kier molecular flexibility index (Phi) is 12.8. The Hall–Kier alpha value is -5.42. The minimum Gasteiger partial charge on any atom is -0.490 e. The average Bonchev–Trinajstić information content (AvgIpc) is 3.20. The van der Waals surface area contributed by atoms with Crippen molar-refractivity contribution in [2.75, 3.05) is 52.5 Å². The number of nitriles is 1. The van der Waals surface area contributed by atoms with Crippen LogP contribution in [0.1, 0.15) is 56.9 Å². The number of pyridine rings is 1. The highest BCUT2D eigenvalue weighted by atomic mass is 35.5. The van der Waals surface area contributed by atoms with Crippen LogP contribution in [0.25, 0.3) is 5.57 Å². The van der Waals surface area contributed by atoms with E-state index in [0.29, 0.717) is 48.7 Å². The number of halogens is 1. The Labute approximate surface area is 344 Å². The van der Waals surface area contributed by atoms with Gasteiger partial charge in [0.2, 0.25) is 5.91 Å². The summed E-state index contributed by atoms with van der Waals surface area (Å²) in [5, 5.41) is 20.0. The van der Waals surface area contributed by atoms with Gasteiger partial charge < -0.3 is 33.9 Å². The molecule has 6 rings (SSSR count). The number of aromatic nitrogens is 1. The number of morpholine rings is 1. The Balaban J connectivity index is 1.33. The zero-order valence-electron chi connectivity index (χ0n) is 33.6. The first-order valence-electron chi connectivity index (χ1n) is 19.3. The van der Waals surface area contributed by atoms with Gasteiger partial charge in [-0.2, -0.15) is 5.26 Å². The van der Waals surface area contributed by atoms with Crippen molar-refractivity contribution in [2.45, 2.75) is 59.4 Å². The van der Waals surface area contributed by atoms with E-state index in [1.807, 2.05) is 53.5 Å². The summed E-state index contributed by atoms with van der Waals surface area (Å²) in [6.45, 7) is 11.7. The molecule has 3 heterocycles. The summed E-state index contributed by atoms with van der Waals surface area (Å²) >= 11 is 7.02. The third-order valence-corrected chi connectivity index (χ3v) is 11.2. The molecule has 1 aromatic heterocycles. The number of ether oxygens (including phenoxy) is 4. The fraction of sp³-hybridized carbons (Fsp3) is 0.432. The molecular weight excluding hydrogens is 762 g/mol. The second-order valence-corrected chi connectivity index (χ2v) is 16.6. The maximum absolute atomic E-state index is 14.8. The van der Waals surface area contributed by atoms with E-state index in [2.05, 4.69) is 24.9 Å². The molecule has 1 N–H and O–H groups in total. The van der Waals surface area contributed by atoms with Crippen LogP contribution < -0.4 is 9.47 Å². The lowest BCUT2D eigenvalue weighted by molar-refractivity contribution is -0.150. The van der Waals surface area contributed by atoms with Crippen molar-refractivity contribution in [1.82, 2.24) is 19.7 Å². The van der Waals surface area contributed by atoms with Crippen molar-refractivity contribution < 1.29 is 38.4 Å². The van der Waals surface area contributed by atoms with Crippen LogP contribution in [0.2, 0.25) is 5.02 Å². The number of carboxylic acid groups (broad SMARTS) is 1. The van der Waals surface area contributed by atoms with Gasteiger partial charge >= 0.3 is 12.1 Å². The molecule has 306 valence electrons. The second-order valence-electron chi connectivity index (χ2n) is 16.2. The number of hydrogen-bond donors (Lipinski definition) is 1. The normalized spacial score (nSPS) is 20.8. The first kappa shape index (κ1) is 42.2. The molecule has 2 atom stereocenters. The zero-order valence-corrected chi connectivity index (χ0v) is 34.3.